The van der Waals surface area contributed by atoms with E-state index in [1.165, 1.54) is 22.3 Å². The second kappa shape index (κ2) is 5.19. The quantitative estimate of drug-likeness (QED) is 0.865. The smallest absolute Gasteiger partial charge is 0.125 e. The van der Waals surface area contributed by atoms with E-state index in [-0.39, 0.29) is 0 Å². The van der Waals surface area contributed by atoms with E-state index in [1.807, 2.05) is 6.07 Å². The summed E-state index contributed by atoms with van der Waals surface area (Å²) in [6.07, 6.45) is 1.77. The predicted molar refractivity (Wildman–Crippen MR) is 71.0 cm³/mol. The lowest BCUT2D eigenvalue weighted by Gasteiger charge is -2.07. The van der Waals surface area contributed by atoms with Gasteiger partial charge in [-0.15, -0.1) is 0 Å². The molecule has 90 valence electrons. The fraction of sp³-hybridized carbons (Fsp3) is 0.333. The first-order valence-electron chi connectivity index (χ1n) is 6.07. The number of furan rings is 1. The number of aryl methyl sites for hydroxylation is 2. The van der Waals surface area contributed by atoms with Crippen LogP contribution >= 0.6 is 0 Å². The standard InChI is InChI=1S/C15H19NO/c1-4-16-10-15-14(7-8-17-15)13-6-5-11(2)9-12(13)3/h5-9,16H,4,10H2,1-3H3. The molecule has 0 radical (unpaired) electrons. The molecule has 2 aromatic rings. The average molecular weight is 229 g/mol. The molecule has 17 heavy (non-hydrogen) atoms. The molecule has 0 aliphatic heterocycles. The van der Waals surface area contributed by atoms with E-state index in [1.54, 1.807) is 6.26 Å². The molecule has 1 N–H and O–H groups in total. The molecule has 2 rings (SSSR count). The van der Waals surface area contributed by atoms with Crippen LogP contribution in [0.4, 0.5) is 0 Å². The summed E-state index contributed by atoms with van der Waals surface area (Å²) in [6, 6.07) is 8.57. The Balaban J connectivity index is 2.35. The van der Waals surface area contributed by atoms with Gasteiger partial charge in [0.2, 0.25) is 0 Å². The van der Waals surface area contributed by atoms with Crippen molar-refractivity contribution in [3.8, 4) is 11.1 Å². The highest BCUT2D eigenvalue weighted by Gasteiger charge is 2.10. The Morgan fingerprint density at radius 3 is 2.65 bits per heavy atom. The van der Waals surface area contributed by atoms with Gasteiger partial charge in [0.05, 0.1) is 12.8 Å². The van der Waals surface area contributed by atoms with Crippen molar-refractivity contribution in [3.63, 3.8) is 0 Å². The van der Waals surface area contributed by atoms with Crippen molar-refractivity contribution < 1.29 is 4.42 Å². The van der Waals surface area contributed by atoms with Crippen molar-refractivity contribution in [2.45, 2.75) is 27.3 Å². The van der Waals surface area contributed by atoms with Gasteiger partial charge in [0, 0.05) is 5.56 Å². The molecule has 0 saturated carbocycles. The first-order valence-corrected chi connectivity index (χ1v) is 6.07. The summed E-state index contributed by atoms with van der Waals surface area (Å²) < 4.78 is 5.54. The molecule has 0 fully saturated rings. The molecule has 0 atom stereocenters. The third-order valence-corrected chi connectivity index (χ3v) is 2.95. The maximum absolute atomic E-state index is 5.54. The van der Waals surface area contributed by atoms with Crippen LogP contribution in [0.15, 0.2) is 34.9 Å². The van der Waals surface area contributed by atoms with Gasteiger partial charge in [-0.05, 0) is 37.6 Å². The first-order chi connectivity index (χ1) is 8.22. The van der Waals surface area contributed by atoms with Crippen LogP contribution in [0.1, 0.15) is 23.8 Å². The number of rotatable bonds is 4. The highest BCUT2D eigenvalue weighted by molar-refractivity contribution is 5.69. The molecule has 1 aromatic heterocycles. The molecule has 1 aromatic carbocycles. The monoisotopic (exact) mass is 229 g/mol. The highest BCUT2D eigenvalue weighted by Crippen LogP contribution is 2.28. The molecule has 2 heteroatoms. The Morgan fingerprint density at radius 1 is 1.12 bits per heavy atom. The van der Waals surface area contributed by atoms with E-state index in [4.69, 9.17) is 4.42 Å². The Morgan fingerprint density at radius 2 is 1.94 bits per heavy atom. The van der Waals surface area contributed by atoms with Gasteiger partial charge in [-0.25, -0.2) is 0 Å². The van der Waals surface area contributed by atoms with Crippen LogP contribution in [0, 0.1) is 13.8 Å². The van der Waals surface area contributed by atoms with Crippen molar-refractivity contribution in [3.05, 3.63) is 47.4 Å². The molecule has 0 bridgehead atoms. The summed E-state index contributed by atoms with van der Waals surface area (Å²) in [4.78, 5) is 0. The molecule has 0 spiro atoms. The van der Waals surface area contributed by atoms with Gasteiger partial charge in [0.15, 0.2) is 0 Å². The molecule has 0 aliphatic rings. The Kier molecular flexibility index (Phi) is 3.64. The van der Waals surface area contributed by atoms with Crippen LogP contribution in [0.3, 0.4) is 0 Å². The van der Waals surface area contributed by atoms with E-state index in [9.17, 15) is 0 Å². The van der Waals surface area contributed by atoms with Crippen molar-refractivity contribution >= 4 is 0 Å². The molecule has 1 heterocycles. The maximum Gasteiger partial charge on any atom is 0.125 e. The summed E-state index contributed by atoms with van der Waals surface area (Å²) in [5.74, 6) is 1.01. The topological polar surface area (TPSA) is 25.2 Å². The molecule has 0 saturated heterocycles. The van der Waals surface area contributed by atoms with Crippen molar-refractivity contribution in [1.29, 1.82) is 0 Å². The predicted octanol–water partition coefficient (Wildman–Crippen LogP) is 3.67. The van der Waals surface area contributed by atoms with E-state index >= 15 is 0 Å². The first kappa shape index (κ1) is 11.9. The Bertz CT molecular complexity index is 499. The zero-order valence-corrected chi connectivity index (χ0v) is 10.7. The SMILES string of the molecule is CCNCc1occc1-c1ccc(C)cc1C. The third-order valence-electron chi connectivity index (χ3n) is 2.95. The zero-order chi connectivity index (χ0) is 12.3. The second-order valence-corrected chi connectivity index (χ2v) is 4.36. The van der Waals surface area contributed by atoms with Crippen molar-refractivity contribution in [2.75, 3.05) is 6.54 Å². The van der Waals surface area contributed by atoms with Gasteiger partial charge < -0.3 is 9.73 Å². The fourth-order valence-electron chi connectivity index (χ4n) is 2.07. The molecule has 0 aliphatic carbocycles. The lowest BCUT2D eigenvalue weighted by Crippen LogP contribution is -2.11. The van der Waals surface area contributed by atoms with Gasteiger partial charge in [0.1, 0.15) is 5.76 Å². The number of hydrogen-bond donors (Lipinski definition) is 1. The van der Waals surface area contributed by atoms with Gasteiger partial charge in [0.25, 0.3) is 0 Å². The number of hydrogen-bond acceptors (Lipinski definition) is 2. The van der Waals surface area contributed by atoms with E-state index < -0.39 is 0 Å². The highest BCUT2D eigenvalue weighted by atomic mass is 16.3. The lowest BCUT2D eigenvalue weighted by molar-refractivity contribution is 0.489. The fourth-order valence-corrected chi connectivity index (χ4v) is 2.07. The summed E-state index contributed by atoms with van der Waals surface area (Å²) in [5.41, 5.74) is 5.05. The summed E-state index contributed by atoms with van der Waals surface area (Å²) >= 11 is 0. The molecular formula is C15H19NO. The van der Waals surface area contributed by atoms with Crippen LogP contribution in [0.25, 0.3) is 11.1 Å². The van der Waals surface area contributed by atoms with E-state index in [2.05, 4.69) is 44.3 Å². The normalized spacial score (nSPS) is 10.8. The van der Waals surface area contributed by atoms with Crippen LogP contribution in [-0.4, -0.2) is 6.54 Å². The summed E-state index contributed by atoms with van der Waals surface area (Å²) in [5, 5.41) is 3.30. The Hall–Kier alpha value is -1.54. The maximum atomic E-state index is 5.54. The van der Waals surface area contributed by atoms with Crippen LogP contribution in [0.2, 0.25) is 0 Å². The molecule has 0 unspecified atom stereocenters. The van der Waals surface area contributed by atoms with E-state index in [0.717, 1.165) is 18.8 Å². The van der Waals surface area contributed by atoms with Gasteiger partial charge in [-0.3, -0.25) is 0 Å². The van der Waals surface area contributed by atoms with Crippen LogP contribution < -0.4 is 5.32 Å². The van der Waals surface area contributed by atoms with Crippen molar-refractivity contribution in [1.82, 2.24) is 5.32 Å². The van der Waals surface area contributed by atoms with E-state index in [0.29, 0.717) is 0 Å². The summed E-state index contributed by atoms with van der Waals surface area (Å²) in [7, 11) is 0. The van der Waals surface area contributed by atoms with Crippen LogP contribution in [0.5, 0.6) is 0 Å². The Labute approximate surface area is 103 Å². The molecular weight excluding hydrogens is 210 g/mol. The molecule has 2 nitrogen and oxygen atoms in total. The zero-order valence-electron chi connectivity index (χ0n) is 10.7. The number of nitrogens with one attached hydrogen (secondary N) is 1. The van der Waals surface area contributed by atoms with Gasteiger partial charge >= 0.3 is 0 Å². The minimum atomic E-state index is 0.784. The molecule has 0 amide bonds. The minimum Gasteiger partial charge on any atom is -0.467 e. The lowest BCUT2D eigenvalue weighted by atomic mass is 9.99. The largest absolute Gasteiger partial charge is 0.467 e. The summed E-state index contributed by atoms with van der Waals surface area (Å²) in [6.45, 7) is 8.09. The number of benzene rings is 1. The average Bonchev–Trinajstić information content (AvgIpc) is 2.74. The van der Waals surface area contributed by atoms with Gasteiger partial charge in [-0.1, -0.05) is 30.7 Å². The van der Waals surface area contributed by atoms with Crippen molar-refractivity contribution in [2.24, 2.45) is 0 Å². The van der Waals surface area contributed by atoms with Crippen LogP contribution in [-0.2, 0) is 6.54 Å². The third kappa shape index (κ3) is 2.59. The second-order valence-electron chi connectivity index (χ2n) is 4.36. The minimum absolute atomic E-state index is 0.784. The van der Waals surface area contributed by atoms with Gasteiger partial charge in [-0.2, -0.15) is 0 Å².